The maximum absolute atomic E-state index is 13.4. The van der Waals surface area contributed by atoms with Gasteiger partial charge in [-0.05, 0) is 61.0 Å². The van der Waals surface area contributed by atoms with E-state index >= 15 is 0 Å². The molecule has 32 heavy (non-hydrogen) atoms. The summed E-state index contributed by atoms with van der Waals surface area (Å²) in [4.78, 5) is 42.2. The number of hydrogen-bond acceptors (Lipinski definition) is 4. The highest BCUT2D eigenvalue weighted by atomic mass is 35.5. The van der Waals surface area contributed by atoms with Gasteiger partial charge in [-0.15, -0.1) is 0 Å². The second-order valence-electron chi connectivity index (χ2n) is 7.60. The van der Waals surface area contributed by atoms with Crippen LogP contribution in [0.15, 0.2) is 72.8 Å². The van der Waals surface area contributed by atoms with Crippen molar-refractivity contribution in [3.05, 3.63) is 94.5 Å². The minimum Gasteiger partial charge on any atom is -0.494 e. The molecular formula is C25H19ClN2O4. The summed E-state index contributed by atoms with van der Waals surface area (Å²) in [6.45, 7) is 2.44. The predicted molar refractivity (Wildman–Crippen MR) is 120 cm³/mol. The second kappa shape index (κ2) is 7.80. The molecule has 1 fully saturated rings. The van der Waals surface area contributed by atoms with Gasteiger partial charge in [-0.25, -0.2) is 0 Å². The highest BCUT2D eigenvalue weighted by Gasteiger charge is 2.57. The standard InChI is InChI=1S/C25H19ClN2O4/c1-2-32-18-13-7-15(8-14-18)21-22(25(31)27(21)17-11-9-16(26)10-12-17)28-23(29)19-5-3-4-6-20(19)24(28)30/h3-14,21-22H,2H2,1H3/t21-,22-/m0/s1. The minimum atomic E-state index is -0.934. The third-order valence-corrected chi connectivity index (χ3v) is 6.06. The Labute approximate surface area is 190 Å². The van der Waals surface area contributed by atoms with Crippen molar-refractivity contribution in [2.24, 2.45) is 0 Å². The zero-order chi connectivity index (χ0) is 22.4. The first-order valence-corrected chi connectivity index (χ1v) is 10.7. The van der Waals surface area contributed by atoms with Crippen LogP contribution in [0, 0.1) is 0 Å². The Morgan fingerprint density at radius 3 is 1.94 bits per heavy atom. The molecule has 0 unspecified atom stereocenters. The lowest BCUT2D eigenvalue weighted by molar-refractivity contribution is -0.130. The molecular weight excluding hydrogens is 428 g/mol. The molecule has 2 heterocycles. The van der Waals surface area contributed by atoms with Gasteiger partial charge >= 0.3 is 0 Å². The van der Waals surface area contributed by atoms with Crippen LogP contribution in [0.3, 0.4) is 0 Å². The lowest BCUT2D eigenvalue weighted by atomic mass is 9.86. The zero-order valence-corrected chi connectivity index (χ0v) is 18.0. The van der Waals surface area contributed by atoms with Crippen molar-refractivity contribution in [2.45, 2.75) is 19.0 Å². The number of benzene rings is 3. The van der Waals surface area contributed by atoms with Gasteiger partial charge in [0, 0.05) is 10.7 Å². The molecule has 2 aliphatic rings. The van der Waals surface area contributed by atoms with Gasteiger partial charge in [0.1, 0.15) is 11.8 Å². The Kier molecular flexibility index (Phi) is 4.94. The van der Waals surface area contributed by atoms with Crippen LogP contribution in [0.4, 0.5) is 5.69 Å². The summed E-state index contributed by atoms with van der Waals surface area (Å²) < 4.78 is 5.53. The molecule has 1 saturated heterocycles. The summed E-state index contributed by atoms with van der Waals surface area (Å²) in [7, 11) is 0. The quantitative estimate of drug-likeness (QED) is 0.428. The summed E-state index contributed by atoms with van der Waals surface area (Å²) in [5.41, 5.74) is 2.08. The normalized spacial score (nSPS) is 19.8. The van der Waals surface area contributed by atoms with Crippen LogP contribution in [-0.4, -0.2) is 35.3 Å². The number of nitrogens with zero attached hydrogens (tertiary/aromatic N) is 2. The van der Waals surface area contributed by atoms with Crippen molar-refractivity contribution < 1.29 is 19.1 Å². The van der Waals surface area contributed by atoms with Crippen LogP contribution in [0.1, 0.15) is 39.2 Å². The third-order valence-electron chi connectivity index (χ3n) is 5.81. The van der Waals surface area contributed by atoms with Crippen molar-refractivity contribution in [1.29, 1.82) is 0 Å². The molecule has 2 atom stereocenters. The first-order chi connectivity index (χ1) is 15.5. The number of carbonyl (C=O) groups excluding carboxylic acids is 3. The Bertz CT molecular complexity index is 1190. The van der Waals surface area contributed by atoms with E-state index in [9.17, 15) is 14.4 Å². The number of fused-ring (bicyclic) bond motifs is 1. The van der Waals surface area contributed by atoms with Crippen LogP contribution < -0.4 is 9.64 Å². The average Bonchev–Trinajstić information content (AvgIpc) is 3.05. The molecule has 5 rings (SSSR count). The fourth-order valence-electron chi connectivity index (χ4n) is 4.33. The summed E-state index contributed by atoms with van der Waals surface area (Å²) in [5, 5.41) is 0.552. The van der Waals surface area contributed by atoms with Crippen LogP contribution in [-0.2, 0) is 4.79 Å². The monoisotopic (exact) mass is 446 g/mol. The van der Waals surface area contributed by atoms with E-state index in [1.807, 2.05) is 31.2 Å². The number of imide groups is 1. The van der Waals surface area contributed by atoms with E-state index in [-0.39, 0.29) is 5.91 Å². The maximum Gasteiger partial charge on any atom is 0.262 e. The number of rotatable bonds is 5. The molecule has 7 heteroatoms. The second-order valence-corrected chi connectivity index (χ2v) is 8.04. The Morgan fingerprint density at radius 2 is 1.38 bits per heavy atom. The molecule has 0 aliphatic carbocycles. The lowest BCUT2D eigenvalue weighted by Gasteiger charge is -2.49. The number of hydrogen-bond donors (Lipinski definition) is 0. The zero-order valence-electron chi connectivity index (χ0n) is 17.2. The van der Waals surface area contributed by atoms with E-state index < -0.39 is 23.9 Å². The number of β-lactam (4-membered cyclic amide) rings is 1. The van der Waals surface area contributed by atoms with E-state index in [1.54, 1.807) is 53.4 Å². The first-order valence-electron chi connectivity index (χ1n) is 10.3. The van der Waals surface area contributed by atoms with E-state index in [2.05, 4.69) is 0 Å². The molecule has 0 aromatic heterocycles. The van der Waals surface area contributed by atoms with E-state index in [0.717, 1.165) is 10.5 Å². The Hall–Kier alpha value is -3.64. The molecule has 3 aromatic carbocycles. The van der Waals surface area contributed by atoms with Crippen molar-refractivity contribution >= 4 is 35.0 Å². The third kappa shape index (κ3) is 3.07. The van der Waals surface area contributed by atoms with Gasteiger partial charge in [-0.3, -0.25) is 19.3 Å². The number of halogens is 1. The van der Waals surface area contributed by atoms with E-state index in [4.69, 9.17) is 16.3 Å². The van der Waals surface area contributed by atoms with Gasteiger partial charge < -0.3 is 9.64 Å². The minimum absolute atomic E-state index is 0.319. The van der Waals surface area contributed by atoms with Gasteiger partial charge in [0.05, 0.1) is 23.8 Å². The first kappa shape index (κ1) is 20.3. The van der Waals surface area contributed by atoms with Gasteiger partial charge in [-0.1, -0.05) is 35.9 Å². The predicted octanol–water partition coefficient (Wildman–Crippen LogP) is 4.49. The molecule has 0 N–H and O–H groups in total. The fraction of sp³-hybridized carbons (Fsp3) is 0.160. The largest absolute Gasteiger partial charge is 0.494 e. The molecule has 0 bridgehead atoms. The van der Waals surface area contributed by atoms with Gasteiger partial charge in [0.2, 0.25) is 0 Å². The van der Waals surface area contributed by atoms with Crippen LogP contribution in [0.5, 0.6) is 5.75 Å². The fourth-order valence-corrected chi connectivity index (χ4v) is 4.46. The molecule has 160 valence electrons. The summed E-state index contributed by atoms with van der Waals surface area (Å²) in [6, 6.07) is 19.4. The molecule has 0 spiro atoms. The molecule has 3 amide bonds. The number of carbonyl (C=O) groups is 3. The van der Waals surface area contributed by atoms with Gasteiger partial charge in [0.25, 0.3) is 17.7 Å². The smallest absolute Gasteiger partial charge is 0.262 e. The topological polar surface area (TPSA) is 66.9 Å². The van der Waals surface area contributed by atoms with E-state index in [0.29, 0.717) is 34.2 Å². The van der Waals surface area contributed by atoms with Crippen molar-refractivity contribution in [3.63, 3.8) is 0 Å². The number of ether oxygens (including phenoxy) is 1. The van der Waals surface area contributed by atoms with Crippen molar-refractivity contribution in [1.82, 2.24) is 4.90 Å². The highest BCUT2D eigenvalue weighted by molar-refractivity contribution is 6.30. The summed E-state index contributed by atoms with van der Waals surface area (Å²) >= 11 is 6.02. The molecule has 0 saturated carbocycles. The van der Waals surface area contributed by atoms with Crippen LogP contribution in [0.25, 0.3) is 0 Å². The van der Waals surface area contributed by atoms with Crippen molar-refractivity contribution in [3.8, 4) is 5.75 Å². The van der Waals surface area contributed by atoms with Crippen LogP contribution >= 0.6 is 11.6 Å². The van der Waals surface area contributed by atoms with Gasteiger partial charge in [0.15, 0.2) is 0 Å². The maximum atomic E-state index is 13.4. The number of anilines is 1. The molecule has 3 aromatic rings. The van der Waals surface area contributed by atoms with E-state index in [1.165, 1.54) is 0 Å². The van der Waals surface area contributed by atoms with Crippen molar-refractivity contribution in [2.75, 3.05) is 11.5 Å². The summed E-state index contributed by atoms with van der Waals surface area (Å²) in [5.74, 6) is -0.510. The average molecular weight is 447 g/mol. The summed E-state index contributed by atoms with van der Waals surface area (Å²) in [6.07, 6.45) is 0. The Morgan fingerprint density at radius 1 is 0.781 bits per heavy atom. The Balaban J connectivity index is 1.56. The molecule has 0 radical (unpaired) electrons. The lowest BCUT2D eigenvalue weighted by Crippen LogP contribution is -2.67. The molecule has 2 aliphatic heterocycles. The number of amides is 3. The highest BCUT2D eigenvalue weighted by Crippen LogP contribution is 2.44. The van der Waals surface area contributed by atoms with Gasteiger partial charge in [-0.2, -0.15) is 0 Å². The SMILES string of the molecule is CCOc1ccc([C@H]2[C@H](N3C(=O)c4ccccc4C3=O)C(=O)N2c2ccc(Cl)cc2)cc1. The molecule has 6 nitrogen and oxygen atoms in total. The van der Waals surface area contributed by atoms with Crippen LogP contribution in [0.2, 0.25) is 5.02 Å².